The van der Waals surface area contributed by atoms with Gasteiger partial charge in [0.15, 0.2) is 0 Å². The van der Waals surface area contributed by atoms with Crippen LogP contribution in [0.3, 0.4) is 0 Å². The molecule has 0 aliphatic heterocycles. The third-order valence-corrected chi connectivity index (χ3v) is 8.17. The lowest BCUT2D eigenvalue weighted by molar-refractivity contribution is 0.100. The highest BCUT2D eigenvalue weighted by atomic mass is 127. The molecule has 4 aromatic rings. The number of fused-ring (bicyclic) bond motifs is 2. The number of carbonyl (C=O) groups is 1. The maximum Gasteiger partial charge on any atom is 0.253 e. The van der Waals surface area contributed by atoms with Crippen LogP contribution < -0.4 is 11.5 Å². The van der Waals surface area contributed by atoms with Gasteiger partial charge in [0.05, 0.1) is 50.0 Å². The van der Waals surface area contributed by atoms with Gasteiger partial charge in [-0.25, -0.2) is 4.45 Å². The average molecular weight is 664 g/mol. The summed E-state index contributed by atoms with van der Waals surface area (Å²) in [6.07, 6.45) is 6.08. The number of benzene rings is 1. The first-order valence-corrected chi connectivity index (χ1v) is 16.0. The number of hydrogen-bond acceptors (Lipinski definition) is 4. The van der Waals surface area contributed by atoms with E-state index in [-0.39, 0.29) is 11.4 Å². The van der Waals surface area contributed by atoms with Gasteiger partial charge in [0.25, 0.3) is 5.91 Å². The summed E-state index contributed by atoms with van der Waals surface area (Å²) in [4.78, 5) is 16.8. The van der Waals surface area contributed by atoms with Gasteiger partial charge in [-0.05, 0) is 62.9 Å². The second kappa shape index (κ2) is 10.9. The summed E-state index contributed by atoms with van der Waals surface area (Å²) >= 11 is 12.7. The van der Waals surface area contributed by atoms with Crippen molar-refractivity contribution in [3.63, 3.8) is 0 Å². The number of rotatable bonds is 4. The minimum atomic E-state index is -0.605. The van der Waals surface area contributed by atoms with Crippen LogP contribution in [0.25, 0.3) is 27.5 Å². The van der Waals surface area contributed by atoms with E-state index in [4.69, 9.17) is 23.1 Å². The Bertz CT molecular complexity index is 1330. The first-order valence-electron chi connectivity index (χ1n) is 10.7. The smallest absolute Gasteiger partial charge is 0.253 e. The average Bonchev–Trinajstić information content (AvgIpc) is 3.50. The van der Waals surface area contributed by atoms with Crippen molar-refractivity contribution in [2.24, 2.45) is 5.73 Å². The van der Waals surface area contributed by atoms with Crippen LogP contribution >= 0.6 is 55.9 Å². The molecule has 0 saturated heterocycles. The molecule has 1 atom stereocenters. The molecular weight excluding hydrogens is 638 g/mol. The normalized spacial score (nSPS) is 13.2. The van der Waals surface area contributed by atoms with Crippen molar-refractivity contribution >= 4 is 89.5 Å². The molecule has 0 spiro atoms. The molecule has 176 valence electrons. The molecule has 3 heterocycles. The number of primary amides is 1. The van der Waals surface area contributed by atoms with Gasteiger partial charge in [-0.15, -0.1) is 0 Å². The molecule has 5 rings (SSSR count). The van der Waals surface area contributed by atoms with Gasteiger partial charge >= 0.3 is 0 Å². The summed E-state index contributed by atoms with van der Waals surface area (Å²) in [7, 11) is 0. The number of aromatic nitrogens is 4. The Labute approximate surface area is 221 Å². The fraction of sp³-hybridized carbons (Fsp3) is 0.318. The summed E-state index contributed by atoms with van der Waals surface area (Å²) < 4.78 is 4.52. The highest BCUT2D eigenvalue weighted by Gasteiger charge is 2.31. The van der Waals surface area contributed by atoms with Gasteiger partial charge in [-0.2, -0.15) is 5.10 Å². The fourth-order valence-corrected chi connectivity index (χ4v) is 6.36. The lowest BCUT2D eigenvalue weighted by atomic mass is 10.1. The third-order valence-electron chi connectivity index (χ3n) is 5.20. The quantitative estimate of drug-likeness (QED) is 0.178. The molecule has 0 bridgehead atoms. The van der Waals surface area contributed by atoms with Crippen molar-refractivity contribution in [3.05, 3.63) is 45.3 Å². The van der Waals surface area contributed by atoms with E-state index < -0.39 is 5.91 Å². The number of hydrogen-bond donors (Lipinski definition) is 2. The van der Waals surface area contributed by atoms with Crippen LogP contribution in [0.4, 0.5) is 5.82 Å². The third kappa shape index (κ3) is 4.49. The summed E-state index contributed by atoms with van der Waals surface area (Å²) in [6.45, 7) is 8.00. The predicted molar refractivity (Wildman–Crippen MR) is 152 cm³/mol. The van der Waals surface area contributed by atoms with Gasteiger partial charge in [0.2, 0.25) is 0 Å². The zero-order valence-electron chi connectivity index (χ0n) is 18.8. The van der Waals surface area contributed by atoms with Crippen LogP contribution in [0.15, 0.2) is 29.0 Å². The number of amides is 1. The second-order valence-electron chi connectivity index (χ2n) is 6.92. The molecule has 0 radical (unpaired) electrons. The van der Waals surface area contributed by atoms with Crippen LogP contribution in [0, 0.1) is 0 Å². The Morgan fingerprint density at radius 3 is 2.45 bits per heavy atom. The van der Waals surface area contributed by atoms with Crippen molar-refractivity contribution < 1.29 is 4.79 Å². The Morgan fingerprint density at radius 1 is 1.21 bits per heavy atom. The summed E-state index contributed by atoms with van der Waals surface area (Å²) in [5.41, 5.74) is 15.7. The Kier molecular flexibility index (Phi) is 8.64. The molecule has 33 heavy (non-hydrogen) atoms. The van der Waals surface area contributed by atoms with Crippen LogP contribution in [-0.2, 0) is 0 Å². The van der Waals surface area contributed by atoms with Crippen LogP contribution in [0.2, 0.25) is 5.02 Å². The largest absolute Gasteiger partial charge is 0.384 e. The van der Waals surface area contributed by atoms with E-state index >= 15 is 0 Å². The maximum atomic E-state index is 12.3. The van der Waals surface area contributed by atoms with E-state index in [1.807, 2.05) is 44.3 Å². The van der Waals surface area contributed by atoms with E-state index in [1.165, 1.54) is 0 Å². The molecular formula is C22H26BrClIN6OP. The van der Waals surface area contributed by atoms with Gasteiger partial charge in [0.1, 0.15) is 5.82 Å². The standard InChI is InChI=1S/C18H14BrClIN6OP.2C2H6/c19-13-14(7-1-2-7)24-5-9-12(18(23)28)17(22)26(16(9)13)15-8-6-25-27(29-21)11(8)4-3-10(15)20;2*1-2/h3-7,29H,1-2,22H2,(H2,23,28);2*1-2H3. The van der Waals surface area contributed by atoms with Gasteiger partial charge in [-0.1, -0.05) is 39.3 Å². The lowest BCUT2D eigenvalue weighted by Gasteiger charge is -2.14. The molecule has 3 aromatic heterocycles. The van der Waals surface area contributed by atoms with Crippen molar-refractivity contribution in [2.45, 2.75) is 46.5 Å². The zero-order chi connectivity index (χ0) is 24.4. The van der Waals surface area contributed by atoms with E-state index in [0.29, 0.717) is 28.4 Å². The van der Waals surface area contributed by atoms with Gasteiger partial charge in [0, 0.05) is 22.9 Å². The van der Waals surface area contributed by atoms with E-state index in [2.05, 4.69) is 48.1 Å². The predicted octanol–water partition coefficient (Wildman–Crippen LogP) is 7.19. The first kappa shape index (κ1) is 26.2. The number of halogens is 3. The molecule has 7 nitrogen and oxygen atoms in total. The van der Waals surface area contributed by atoms with Gasteiger partial charge < -0.3 is 11.5 Å². The monoisotopic (exact) mass is 662 g/mol. The summed E-state index contributed by atoms with van der Waals surface area (Å²) in [5, 5.41) is 6.41. The highest BCUT2D eigenvalue weighted by Crippen LogP contribution is 2.47. The minimum absolute atomic E-state index is 0.238. The molecule has 11 heteroatoms. The van der Waals surface area contributed by atoms with Crippen LogP contribution in [0.1, 0.15) is 62.5 Å². The Hall–Kier alpha value is -1.42. The Morgan fingerprint density at radius 2 is 1.88 bits per heavy atom. The zero-order valence-corrected chi connectivity index (χ0v) is 24.3. The Balaban J connectivity index is 0.000000728. The van der Waals surface area contributed by atoms with Crippen LogP contribution in [-0.4, -0.2) is 25.0 Å². The van der Waals surface area contributed by atoms with E-state index in [9.17, 15) is 4.79 Å². The van der Waals surface area contributed by atoms with Crippen molar-refractivity contribution in [1.29, 1.82) is 0 Å². The maximum absolute atomic E-state index is 12.3. The first-order chi connectivity index (χ1) is 15.9. The van der Waals surface area contributed by atoms with Gasteiger partial charge in [-0.3, -0.25) is 14.3 Å². The summed E-state index contributed by atoms with van der Waals surface area (Å²) in [6, 6.07) is 3.75. The fourth-order valence-electron chi connectivity index (χ4n) is 3.75. The molecule has 1 aromatic carbocycles. The topological polar surface area (TPSA) is 105 Å². The molecule has 4 N–H and O–H groups in total. The molecule has 1 aliphatic carbocycles. The SMILES string of the molecule is CC.CC.NC(=O)c1c(N)n(-c2c(Cl)ccc3c2cnn3PI)c2c(Br)c(C3CC3)ncc12. The van der Waals surface area contributed by atoms with E-state index in [0.717, 1.165) is 39.4 Å². The number of anilines is 1. The van der Waals surface area contributed by atoms with Crippen molar-refractivity contribution in [3.8, 4) is 5.69 Å². The number of carbonyl (C=O) groups excluding carboxylic acids is 1. The number of nitrogen functional groups attached to an aromatic ring is 1. The lowest BCUT2D eigenvalue weighted by Crippen LogP contribution is -2.13. The summed E-state index contributed by atoms with van der Waals surface area (Å²) in [5.74, 6) is 0.0403. The van der Waals surface area contributed by atoms with E-state index in [1.54, 1.807) is 17.0 Å². The number of nitrogens with zero attached hydrogens (tertiary/aromatic N) is 4. The molecule has 1 fully saturated rings. The second-order valence-corrected chi connectivity index (χ2v) is 10.2. The number of nitrogens with two attached hydrogens (primary N) is 2. The molecule has 1 saturated carbocycles. The molecule has 1 unspecified atom stereocenters. The minimum Gasteiger partial charge on any atom is -0.384 e. The highest BCUT2D eigenvalue weighted by molar-refractivity contribution is 14.2. The van der Waals surface area contributed by atoms with Crippen molar-refractivity contribution in [1.82, 2.24) is 19.1 Å². The molecule has 1 aliphatic rings. The van der Waals surface area contributed by atoms with Crippen LogP contribution in [0.5, 0.6) is 0 Å². The van der Waals surface area contributed by atoms with Crippen molar-refractivity contribution in [2.75, 3.05) is 5.73 Å². The molecule has 1 amide bonds. The number of pyridine rings is 1.